The fraction of sp³-hybridized carbons (Fsp3) is 0.500. The SMILES string of the molecule is CC(=O)Nc1nc(C(=O)N(C)CCC(F)(F)F)cs1. The van der Waals surface area contributed by atoms with Crippen LogP contribution >= 0.6 is 11.3 Å². The Morgan fingerprint density at radius 1 is 1.47 bits per heavy atom. The lowest BCUT2D eigenvalue weighted by molar-refractivity contribution is -0.136. The van der Waals surface area contributed by atoms with Crippen LogP contribution in [0.2, 0.25) is 0 Å². The van der Waals surface area contributed by atoms with E-state index >= 15 is 0 Å². The minimum Gasteiger partial charge on any atom is -0.340 e. The van der Waals surface area contributed by atoms with Crippen LogP contribution in [0.3, 0.4) is 0 Å². The minimum atomic E-state index is -4.31. The fourth-order valence-electron chi connectivity index (χ4n) is 1.17. The Balaban J connectivity index is 2.61. The number of hydrogen-bond donors (Lipinski definition) is 1. The zero-order chi connectivity index (χ0) is 14.6. The quantitative estimate of drug-likeness (QED) is 0.925. The first kappa shape index (κ1) is 15.4. The second kappa shape index (κ2) is 6.00. The van der Waals surface area contributed by atoms with E-state index in [0.717, 1.165) is 16.2 Å². The van der Waals surface area contributed by atoms with E-state index in [-0.39, 0.29) is 16.7 Å². The molecule has 9 heteroatoms. The highest BCUT2D eigenvalue weighted by molar-refractivity contribution is 7.14. The van der Waals surface area contributed by atoms with E-state index in [2.05, 4.69) is 10.3 Å². The Kier molecular flexibility index (Phi) is 4.87. The van der Waals surface area contributed by atoms with Crippen LogP contribution in [-0.2, 0) is 4.79 Å². The van der Waals surface area contributed by atoms with Gasteiger partial charge in [-0.25, -0.2) is 4.98 Å². The maximum absolute atomic E-state index is 12.0. The van der Waals surface area contributed by atoms with Crippen molar-refractivity contribution in [2.75, 3.05) is 18.9 Å². The molecule has 0 radical (unpaired) electrons. The summed E-state index contributed by atoms with van der Waals surface area (Å²) in [6, 6.07) is 0. The Labute approximate surface area is 111 Å². The molecule has 2 amide bonds. The summed E-state index contributed by atoms with van der Waals surface area (Å²) in [7, 11) is 1.27. The summed E-state index contributed by atoms with van der Waals surface area (Å²) >= 11 is 1.03. The normalized spacial score (nSPS) is 11.2. The van der Waals surface area contributed by atoms with Gasteiger partial charge in [-0.1, -0.05) is 0 Å². The summed E-state index contributed by atoms with van der Waals surface area (Å²) in [5.74, 6) is -0.948. The fourth-order valence-corrected chi connectivity index (χ4v) is 1.90. The summed E-state index contributed by atoms with van der Waals surface area (Å²) in [4.78, 5) is 27.3. The number of carbonyl (C=O) groups excluding carboxylic acids is 2. The van der Waals surface area contributed by atoms with Crippen LogP contribution in [0.1, 0.15) is 23.8 Å². The van der Waals surface area contributed by atoms with E-state index in [9.17, 15) is 22.8 Å². The van der Waals surface area contributed by atoms with Gasteiger partial charge in [-0.2, -0.15) is 13.2 Å². The molecule has 0 aliphatic heterocycles. The highest BCUT2D eigenvalue weighted by Gasteiger charge is 2.28. The van der Waals surface area contributed by atoms with E-state index in [1.165, 1.54) is 19.4 Å². The van der Waals surface area contributed by atoms with E-state index in [1.54, 1.807) is 0 Å². The summed E-state index contributed by atoms with van der Waals surface area (Å²) in [6.45, 7) is 0.855. The van der Waals surface area contributed by atoms with Crippen LogP contribution in [0.15, 0.2) is 5.38 Å². The lowest BCUT2D eigenvalue weighted by Gasteiger charge is -2.16. The van der Waals surface area contributed by atoms with Crippen LogP contribution in [-0.4, -0.2) is 41.5 Å². The molecule has 1 heterocycles. The molecule has 0 bridgehead atoms. The smallest absolute Gasteiger partial charge is 0.340 e. The molecule has 0 aromatic carbocycles. The molecule has 0 saturated carbocycles. The lowest BCUT2D eigenvalue weighted by Crippen LogP contribution is -2.30. The maximum Gasteiger partial charge on any atom is 0.390 e. The molecule has 0 atom stereocenters. The maximum atomic E-state index is 12.0. The molecule has 0 aliphatic rings. The van der Waals surface area contributed by atoms with Crippen molar-refractivity contribution in [3.8, 4) is 0 Å². The van der Waals surface area contributed by atoms with Crippen molar-refractivity contribution in [2.45, 2.75) is 19.5 Å². The van der Waals surface area contributed by atoms with Crippen molar-refractivity contribution in [3.63, 3.8) is 0 Å². The van der Waals surface area contributed by atoms with Crippen LogP contribution in [0.5, 0.6) is 0 Å². The Morgan fingerprint density at radius 2 is 2.11 bits per heavy atom. The predicted molar refractivity (Wildman–Crippen MR) is 64.1 cm³/mol. The second-order valence-electron chi connectivity index (χ2n) is 3.81. The summed E-state index contributed by atoms with van der Waals surface area (Å²) in [5.41, 5.74) is 0.0124. The van der Waals surface area contributed by atoms with Gasteiger partial charge in [0.1, 0.15) is 5.69 Å². The number of nitrogens with one attached hydrogen (secondary N) is 1. The number of thiazole rings is 1. The van der Waals surface area contributed by atoms with Crippen LogP contribution in [0.4, 0.5) is 18.3 Å². The third-order valence-corrected chi connectivity index (χ3v) is 2.84. The molecule has 0 unspecified atom stereocenters. The van der Waals surface area contributed by atoms with E-state index in [4.69, 9.17) is 0 Å². The average molecular weight is 295 g/mol. The molecule has 106 valence electrons. The highest BCUT2D eigenvalue weighted by Crippen LogP contribution is 2.21. The van der Waals surface area contributed by atoms with Gasteiger partial charge in [0.15, 0.2) is 5.13 Å². The Bertz CT molecular complexity index is 473. The average Bonchev–Trinajstić information content (AvgIpc) is 2.71. The van der Waals surface area contributed by atoms with Gasteiger partial charge in [0.05, 0.1) is 6.42 Å². The number of aromatic nitrogens is 1. The molecule has 0 fully saturated rings. The zero-order valence-corrected chi connectivity index (χ0v) is 11.1. The summed E-state index contributed by atoms with van der Waals surface area (Å²) in [6.07, 6.45) is -5.38. The highest BCUT2D eigenvalue weighted by atomic mass is 32.1. The number of hydrogen-bond acceptors (Lipinski definition) is 4. The van der Waals surface area contributed by atoms with Crippen molar-refractivity contribution >= 4 is 28.3 Å². The van der Waals surface area contributed by atoms with Crippen LogP contribution < -0.4 is 5.32 Å². The van der Waals surface area contributed by atoms with Crippen LogP contribution in [0, 0.1) is 0 Å². The van der Waals surface area contributed by atoms with Gasteiger partial charge in [0.2, 0.25) is 5.91 Å². The molecule has 0 saturated heterocycles. The first-order chi connectivity index (χ1) is 8.69. The molecular formula is C10H12F3N3O2S. The number of anilines is 1. The second-order valence-corrected chi connectivity index (χ2v) is 4.67. The summed E-state index contributed by atoms with van der Waals surface area (Å²) in [5, 5.41) is 4.02. The number of rotatable bonds is 4. The summed E-state index contributed by atoms with van der Waals surface area (Å²) < 4.78 is 36.1. The molecule has 1 rings (SSSR count). The third kappa shape index (κ3) is 5.25. The van der Waals surface area contributed by atoms with Gasteiger partial charge in [0, 0.05) is 25.9 Å². The van der Waals surface area contributed by atoms with E-state index in [1.807, 2.05) is 0 Å². The van der Waals surface area contributed by atoms with E-state index in [0.29, 0.717) is 0 Å². The van der Waals surface area contributed by atoms with Gasteiger partial charge in [-0.05, 0) is 0 Å². The molecule has 0 aliphatic carbocycles. The number of alkyl halides is 3. The lowest BCUT2D eigenvalue weighted by atomic mass is 10.3. The van der Waals surface area contributed by atoms with Crippen molar-refractivity contribution in [1.82, 2.24) is 9.88 Å². The number of halogens is 3. The molecule has 5 nitrogen and oxygen atoms in total. The van der Waals surface area contributed by atoms with Crippen LogP contribution in [0.25, 0.3) is 0 Å². The number of amides is 2. The predicted octanol–water partition coefficient (Wildman–Crippen LogP) is 2.13. The van der Waals surface area contributed by atoms with Crippen molar-refractivity contribution < 1.29 is 22.8 Å². The topological polar surface area (TPSA) is 62.3 Å². The first-order valence-electron chi connectivity index (χ1n) is 5.24. The minimum absolute atomic E-state index is 0.0124. The van der Waals surface area contributed by atoms with Crippen molar-refractivity contribution in [2.24, 2.45) is 0 Å². The molecule has 1 N–H and O–H groups in total. The first-order valence-corrected chi connectivity index (χ1v) is 6.12. The monoisotopic (exact) mass is 295 g/mol. The van der Waals surface area contributed by atoms with Gasteiger partial charge in [0.25, 0.3) is 5.91 Å². The zero-order valence-electron chi connectivity index (χ0n) is 10.2. The third-order valence-electron chi connectivity index (χ3n) is 2.08. The molecule has 1 aromatic heterocycles. The molecular weight excluding hydrogens is 283 g/mol. The van der Waals surface area contributed by atoms with Crippen molar-refractivity contribution in [1.29, 1.82) is 0 Å². The largest absolute Gasteiger partial charge is 0.390 e. The Morgan fingerprint density at radius 3 is 2.63 bits per heavy atom. The van der Waals surface area contributed by atoms with Gasteiger partial charge < -0.3 is 10.2 Å². The van der Waals surface area contributed by atoms with Crippen molar-refractivity contribution in [3.05, 3.63) is 11.1 Å². The Hall–Kier alpha value is -1.64. The molecule has 0 spiro atoms. The van der Waals surface area contributed by atoms with Gasteiger partial charge in [-0.3, -0.25) is 9.59 Å². The number of carbonyl (C=O) groups is 2. The molecule has 1 aromatic rings. The standard InChI is InChI=1S/C10H12F3N3O2S/c1-6(17)14-9-15-7(5-19-9)8(18)16(2)4-3-10(11,12)13/h5H,3-4H2,1-2H3,(H,14,15,17). The molecule has 19 heavy (non-hydrogen) atoms. The van der Waals surface area contributed by atoms with Gasteiger partial charge >= 0.3 is 6.18 Å². The number of nitrogens with zero attached hydrogens (tertiary/aromatic N) is 2. The van der Waals surface area contributed by atoms with Gasteiger partial charge in [-0.15, -0.1) is 11.3 Å². The van der Waals surface area contributed by atoms with E-state index < -0.39 is 25.0 Å².